The van der Waals surface area contributed by atoms with Crippen LogP contribution in [0.2, 0.25) is 0 Å². The molecule has 1 N–H and O–H groups in total. The lowest BCUT2D eigenvalue weighted by Crippen LogP contribution is -2.30. The van der Waals surface area contributed by atoms with Gasteiger partial charge in [-0.3, -0.25) is 9.79 Å². The van der Waals surface area contributed by atoms with Gasteiger partial charge in [-0.2, -0.15) is 0 Å². The highest BCUT2D eigenvalue weighted by molar-refractivity contribution is 6.06. The van der Waals surface area contributed by atoms with Crippen LogP contribution >= 0.6 is 0 Å². The molecule has 4 nitrogen and oxygen atoms in total. The van der Waals surface area contributed by atoms with Gasteiger partial charge in [0.05, 0.1) is 6.54 Å². The molecular formula is C12H19N3O. The number of hydrogen-bond acceptors (Lipinski definition) is 3. The Hall–Kier alpha value is -1.32. The van der Waals surface area contributed by atoms with Crippen molar-refractivity contribution in [1.29, 1.82) is 0 Å². The van der Waals surface area contributed by atoms with Crippen LogP contribution in [0.15, 0.2) is 16.6 Å². The van der Waals surface area contributed by atoms with Gasteiger partial charge in [0.25, 0.3) is 5.91 Å². The summed E-state index contributed by atoms with van der Waals surface area (Å²) in [7, 11) is 0. The molecule has 0 spiro atoms. The molecule has 0 unspecified atom stereocenters. The number of nitrogens with one attached hydrogen (secondary N) is 1. The van der Waals surface area contributed by atoms with Gasteiger partial charge in [-0.15, -0.1) is 0 Å². The zero-order chi connectivity index (χ0) is 11.5. The molecule has 0 bridgehead atoms. The molecule has 16 heavy (non-hydrogen) atoms. The number of carbonyl (C=O) groups excluding carboxylic acids is 1. The average molecular weight is 221 g/mol. The highest BCUT2D eigenvalue weighted by Crippen LogP contribution is 2.14. The monoisotopic (exact) mass is 221 g/mol. The van der Waals surface area contributed by atoms with Gasteiger partial charge >= 0.3 is 0 Å². The zero-order valence-corrected chi connectivity index (χ0v) is 9.99. The van der Waals surface area contributed by atoms with Gasteiger partial charge in [0.15, 0.2) is 0 Å². The number of amidine groups is 1. The number of rotatable bonds is 2. The maximum atomic E-state index is 12.0. The lowest BCUT2D eigenvalue weighted by atomic mass is 10.2. The molecule has 0 aliphatic carbocycles. The molecule has 0 atom stereocenters. The van der Waals surface area contributed by atoms with Crippen LogP contribution in [0.25, 0.3) is 0 Å². The number of carbonyl (C=O) groups is 1. The van der Waals surface area contributed by atoms with E-state index in [0.717, 1.165) is 37.3 Å². The van der Waals surface area contributed by atoms with Crippen molar-refractivity contribution >= 4 is 11.7 Å². The lowest BCUT2D eigenvalue weighted by Gasteiger charge is -2.15. The second kappa shape index (κ2) is 4.68. The van der Waals surface area contributed by atoms with E-state index in [1.54, 1.807) is 0 Å². The molecule has 88 valence electrons. The molecule has 0 aromatic carbocycles. The quantitative estimate of drug-likeness (QED) is 0.754. The third-order valence-electron chi connectivity index (χ3n) is 2.84. The van der Waals surface area contributed by atoms with Gasteiger partial charge in [0.1, 0.15) is 5.84 Å². The van der Waals surface area contributed by atoms with Crippen molar-refractivity contribution in [2.45, 2.75) is 32.7 Å². The Bertz CT molecular complexity index is 338. The standard InChI is InChI=1S/C12H19N3O/c1-9(2)14-11-7-10(8-13-11)12(16)15-5-3-4-6-15/h7,9H,3-6,8H2,1-2H3,(H,13,14). The molecule has 0 saturated carbocycles. The van der Waals surface area contributed by atoms with Gasteiger partial charge in [-0.05, 0) is 32.8 Å². The summed E-state index contributed by atoms with van der Waals surface area (Å²) in [4.78, 5) is 18.3. The largest absolute Gasteiger partial charge is 0.368 e. The van der Waals surface area contributed by atoms with Crippen molar-refractivity contribution in [1.82, 2.24) is 10.2 Å². The first-order valence-electron chi connectivity index (χ1n) is 5.97. The molecule has 2 rings (SSSR count). The van der Waals surface area contributed by atoms with Gasteiger partial charge in [0, 0.05) is 24.7 Å². The highest BCUT2D eigenvalue weighted by Gasteiger charge is 2.23. The fraction of sp³-hybridized carbons (Fsp3) is 0.667. The Kier molecular flexibility index (Phi) is 3.27. The van der Waals surface area contributed by atoms with Crippen LogP contribution in [-0.4, -0.2) is 42.3 Å². The van der Waals surface area contributed by atoms with E-state index in [4.69, 9.17) is 0 Å². The van der Waals surface area contributed by atoms with Gasteiger partial charge in [-0.1, -0.05) is 0 Å². The fourth-order valence-corrected chi connectivity index (χ4v) is 2.06. The molecule has 0 radical (unpaired) electrons. The van der Waals surface area contributed by atoms with Crippen molar-refractivity contribution in [2.24, 2.45) is 4.99 Å². The van der Waals surface area contributed by atoms with E-state index in [0.29, 0.717) is 12.6 Å². The van der Waals surface area contributed by atoms with E-state index in [1.807, 2.05) is 11.0 Å². The number of amides is 1. The van der Waals surface area contributed by atoms with Crippen LogP contribution in [0.5, 0.6) is 0 Å². The van der Waals surface area contributed by atoms with Gasteiger partial charge in [-0.25, -0.2) is 0 Å². The predicted molar refractivity (Wildman–Crippen MR) is 64.5 cm³/mol. The Morgan fingerprint density at radius 2 is 2.12 bits per heavy atom. The van der Waals surface area contributed by atoms with E-state index >= 15 is 0 Å². The van der Waals surface area contributed by atoms with Crippen molar-refractivity contribution in [3.8, 4) is 0 Å². The minimum Gasteiger partial charge on any atom is -0.368 e. The molecular weight excluding hydrogens is 202 g/mol. The SMILES string of the molecule is CC(C)NC1=NCC(C(=O)N2CCCC2)=C1. The fourth-order valence-electron chi connectivity index (χ4n) is 2.06. The molecule has 0 aromatic heterocycles. The van der Waals surface area contributed by atoms with E-state index < -0.39 is 0 Å². The second-order valence-electron chi connectivity index (χ2n) is 4.67. The molecule has 2 aliphatic heterocycles. The minimum absolute atomic E-state index is 0.168. The third-order valence-corrected chi connectivity index (χ3v) is 2.84. The van der Waals surface area contributed by atoms with Crippen molar-refractivity contribution in [3.05, 3.63) is 11.6 Å². The first-order valence-corrected chi connectivity index (χ1v) is 5.97. The molecule has 1 amide bonds. The molecule has 1 saturated heterocycles. The highest BCUT2D eigenvalue weighted by atomic mass is 16.2. The predicted octanol–water partition coefficient (Wildman–Crippen LogP) is 0.945. The van der Waals surface area contributed by atoms with Crippen molar-refractivity contribution in [2.75, 3.05) is 19.6 Å². The summed E-state index contributed by atoms with van der Waals surface area (Å²) in [6.45, 7) is 6.48. The minimum atomic E-state index is 0.168. The second-order valence-corrected chi connectivity index (χ2v) is 4.67. The first kappa shape index (κ1) is 11.2. The molecule has 2 heterocycles. The smallest absolute Gasteiger partial charge is 0.251 e. The van der Waals surface area contributed by atoms with Crippen molar-refractivity contribution in [3.63, 3.8) is 0 Å². The number of likely N-dealkylation sites (tertiary alicyclic amines) is 1. The van der Waals surface area contributed by atoms with E-state index in [-0.39, 0.29) is 5.91 Å². The van der Waals surface area contributed by atoms with Crippen LogP contribution in [0, 0.1) is 0 Å². The Morgan fingerprint density at radius 1 is 1.44 bits per heavy atom. The number of aliphatic imine (C=N–C) groups is 1. The summed E-state index contributed by atoms with van der Waals surface area (Å²) in [5.41, 5.74) is 0.824. The summed E-state index contributed by atoms with van der Waals surface area (Å²) in [5.74, 6) is 1.01. The maximum absolute atomic E-state index is 12.0. The average Bonchev–Trinajstić information content (AvgIpc) is 2.84. The van der Waals surface area contributed by atoms with E-state index in [2.05, 4.69) is 24.2 Å². The van der Waals surface area contributed by atoms with Crippen LogP contribution in [-0.2, 0) is 4.79 Å². The van der Waals surface area contributed by atoms with E-state index in [1.165, 1.54) is 0 Å². The first-order chi connectivity index (χ1) is 7.66. The maximum Gasteiger partial charge on any atom is 0.251 e. The lowest BCUT2D eigenvalue weighted by molar-refractivity contribution is -0.126. The normalized spacial score (nSPS) is 20.1. The molecule has 1 fully saturated rings. The number of hydrogen-bond donors (Lipinski definition) is 1. The van der Waals surface area contributed by atoms with Crippen LogP contribution in [0.1, 0.15) is 26.7 Å². The molecule has 4 heteroatoms. The Morgan fingerprint density at radius 3 is 2.75 bits per heavy atom. The van der Waals surface area contributed by atoms with Crippen LogP contribution in [0.4, 0.5) is 0 Å². The summed E-state index contributed by atoms with van der Waals surface area (Å²) in [6.07, 6.45) is 4.16. The Balaban J connectivity index is 1.94. The summed E-state index contributed by atoms with van der Waals surface area (Å²) in [5, 5.41) is 3.22. The van der Waals surface area contributed by atoms with Crippen molar-refractivity contribution < 1.29 is 4.79 Å². The summed E-state index contributed by atoms with van der Waals surface area (Å²) < 4.78 is 0. The van der Waals surface area contributed by atoms with Crippen LogP contribution < -0.4 is 5.32 Å². The zero-order valence-electron chi connectivity index (χ0n) is 9.99. The molecule has 2 aliphatic rings. The van der Waals surface area contributed by atoms with Gasteiger partial charge < -0.3 is 10.2 Å². The summed E-state index contributed by atoms with van der Waals surface area (Å²) >= 11 is 0. The van der Waals surface area contributed by atoms with E-state index in [9.17, 15) is 4.79 Å². The van der Waals surface area contributed by atoms with Gasteiger partial charge in [0.2, 0.25) is 0 Å². The third kappa shape index (κ3) is 2.43. The Labute approximate surface area is 96.4 Å². The topological polar surface area (TPSA) is 44.7 Å². The summed E-state index contributed by atoms with van der Waals surface area (Å²) in [6, 6.07) is 0.358. The number of nitrogens with zero attached hydrogens (tertiary/aromatic N) is 2. The molecule has 0 aromatic rings. The van der Waals surface area contributed by atoms with Crippen LogP contribution in [0.3, 0.4) is 0 Å².